The molecule has 1 amide bonds. The van der Waals surface area contributed by atoms with Crippen LogP contribution < -0.4 is 20.5 Å². The number of nitrogens with two attached hydrogens (primary N) is 1. The summed E-state index contributed by atoms with van der Waals surface area (Å²) in [5.74, 6) is 1.45. The number of carbonyl (C=O) groups is 1. The van der Waals surface area contributed by atoms with Crippen molar-refractivity contribution in [3.05, 3.63) is 23.8 Å². The Kier molecular flexibility index (Phi) is 4.73. The maximum absolute atomic E-state index is 11.9. The van der Waals surface area contributed by atoms with Gasteiger partial charge in [-0.3, -0.25) is 4.79 Å². The highest BCUT2D eigenvalue weighted by Gasteiger charge is 2.18. The number of carbonyl (C=O) groups excluding carboxylic acids is 1. The number of hydrogen-bond donors (Lipinski definition) is 2. The fourth-order valence-corrected chi connectivity index (χ4v) is 2.42. The summed E-state index contributed by atoms with van der Waals surface area (Å²) in [6.07, 6.45) is 1.17. The van der Waals surface area contributed by atoms with Crippen LogP contribution in [-0.2, 0) is 11.3 Å². The minimum atomic E-state index is -0.109. The number of ether oxygens (including phenoxy) is 2. The van der Waals surface area contributed by atoms with Crippen molar-refractivity contribution < 1.29 is 14.3 Å². The minimum Gasteiger partial charge on any atom is -0.454 e. The average molecular weight is 292 g/mol. The predicted molar refractivity (Wildman–Crippen MR) is 81.1 cm³/mol. The molecule has 116 valence electrons. The van der Waals surface area contributed by atoms with Crippen LogP contribution in [0.3, 0.4) is 0 Å². The minimum absolute atomic E-state index is 0.0237. The van der Waals surface area contributed by atoms with Crippen molar-refractivity contribution >= 4 is 5.91 Å². The van der Waals surface area contributed by atoms with E-state index in [1.807, 2.05) is 18.2 Å². The molecule has 0 bridgehead atoms. The van der Waals surface area contributed by atoms with Crippen molar-refractivity contribution in [2.24, 2.45) is 11.1 Å². The largest absolute Gasteiger partial charge is 0.454 e. The summed E-state index contributed by atoms with van der Waals surface area (Å²) in [5.41, 5.74) is 7.13. The van der Waals surface area contributed by atoms with E-state index in [0.29, 0.717) is 13.0 Å². The van der Waals surface area contributed by atoms with E-state index in [-0.39, 0.29) is 24.2 Å². The maximum Gasteiger partial charge on any atom is 0.231 e. The standard InChI is InChI=1S/C16H24N2O3/c1-16(2,3)8-12(17)7-15(19)18-9-11-4-5-13-14(6-11)21-10-20-13/h4-6,12H,7-10,17H2,1-3H3,(H,18,19). The Morgan fingerprint density at radius 1 is 1.33 bits per heavy atom. The second kappa shape index (κ2) is 6.35. The molecule has 21 heavy (non-hydrogen) atoms. The first-order chi connectivity index (χ1) is 9.83. The van der Waals surface area contributed by atoms with E-state index >= 15 is 0 Å². The monoisotopic (exact) mass is 292 g/mol. The summed E-state index contributed by atoms with van der Waals surface area (Å²) in [4.78, 5) is 11.9. The van der Waals surface area contributed by atoms with Gasteiger partial charge in [0, 0.05) is 19.0 Å². The Labute approximate surface area is 125 Å². The average Bonchev–Trinajstić information content (AvgIpc) is 2.81. The molecule has 5 heteroatoms. The van der Waals surface area contributed by atoms with Crippen LogP contribution in [0.1, 0.15) is 39.2 Å². The summed E-state index contributed by atoms with van der Waals surface area (Å²) >= 11 is 0. The number of amides is 1. The van der Waals surface area contributed by atoms with Crippen LogP contribution in [0.25, 0.3) is 0 Å². The van der Waals surface area contributed by atoms with Gasteiger partial charge in [0.2, 0.25) is 12.7 Å². The molecule has 1 atom stereocenters. The third-order valence-corrected chi connectivity index (χ3v) is 3.25. The van der Waals surface area contributed by atoms with Gasteiger partial charge in [0.15, 0.2) is 11.5 Å². The molecule has 1 unspecified atom stereocenters. The smallest absolute Gasteiger partial charge is 0.231 e. The van der Waals surface area contributed by atoms with Gasteiger partial charge in [0.1, 0.15) is 0 Å². The van der Waals surface area contributed by atoms with Gasteiger partial charge in [0.25, 0.3) is 0 Å². The van der Waals surface area contributed by atoms with Gasteiger partial charge in [-0.25, -0.2) is 0 Å². The molecule has 1 aliphatic rings. The fraction of sp³-hybridized carbons (Fsp3) is 0.562. The SMILES string of the molecule is CC(C)(C)CC(N)CC(=O)NCc1ccc2c(c1)OCO2. The van der Waals surface area contributed by atoms with Crippen molar-refractivity contribution in [1.29, 1.82) is 0 Å². The Morgan fingerprint density at radius 2 is 2.05 bits per heavy atom. The quantitative estimate of drug-likeness (QED) is 0.872. The lowest BCUT2D eigenvalue weighted by molar-refractivity contribution is -0.121. The summed E-state index contributed by atoms with van der Waals surface area (Å²) in [6.45, 7) is 7.09. The van der Waals surface area contributed by atoms with Gasteiger partial charge in [-0.05, 0) is 29.5 Å². The Bertz CT molecular complexity index is 509. The zero-order valence-corrected chi connectivity index (χ0v) is 12.9. The number of rotatable bonds is 5. The lowest BCUT2D eigenvalue weighted by Gasteiger charge is -2.22. The molecule has 0 aliphatic carbocycles. The number of hydrogen-bond acceptors (Lipinski definition) is 4. The van der Waals surface area contributed by atoms with Gasteiger partial charge in [0.05, 0.1) is 0 Å². The highest BCUT2D eigenvalue weighted by Crippen LogP contribution is 2.32. The summed E-state index contributed by atoms with van der Waals surface area (Å²) in [6, 6.07) is 5.55. The molecular formula is C16H24N2O3. The van der Waals surface area contributed by atoms with Crippen molar-refractivity contribution in [1.82, 2.24) is 5.32 Å². The summed E-state index contributed by atoms with van der Waals surface area (Å²) in [5, 5.41) is 2.89. The fourth-order valence-electron chi connectivity index (χ4n) is 2.42. The van der Waals surface area contributed by atoms with Crippen LogP contribution in [0, 0.1) is 5.41 Å². The molecule has 0 spiro atoms. The van der Waals surface area contributed by atoms with Crippen LogP contribution in [0.15, 0.2) is 18.2 Å². The molecule has 1 aromatic carbocycles. The predicted octanol–water partition coefficient (Wildman–Crippen LogP) is 2.19. The lowest BCUT2D eigenvalue weighted by Crippen LogP contribution is -2.33. The summed E-state index contributed by atoms with van der Waals surface area (Å²) in [7, 11) is 0. The van der Waals surface area contributed by atoms with Crippen LogP contribution in [-0.4, -0.2) is 18.7 Å². The van der Waals surface area contributed by atoms with Crippen molar-refractivity contribution in [3.63, 3.8) is 0 Å². The second-order valence-electron chi connectivity index (χ2n) is 6.69. The molecule has 0 fully saturated rings. The third kappa shape index (κ3) is 4.93. The van der Waals surface area contributed by atoms with Gasteiger partial charge < -0.3 is 20.5 Å². The molecule has 1 aromatic rings. The van der Waals surface area contributed by atoms with E-state index in [9.17, 15) is 4.79 Å². The van der Waals surface area contributed by atoms with E-state index in [0.717, 1.165) is 23.5 Å². The first kappa shape index (κ1) is 15.6. The maximum atomic E-state index is 11.9. The molecular weight excluding hydrogens is 268 g/mol. The van der Waals surface area contributed by atoms with Crippen LogP contribution >= 0.6 is 0 Å². The van der Waals surface area contributed by atoms with Crippen molar-refractivity contribution in [2.45, 2.75) is 46.2 Å². The summed E-state index contributed by atoms with van der Waals surface area (Å²) < 4.78 is 10.6. The van der Waals surface area contributed by atoms with Crippen molar-refractivity contribution in [2.75, 3.05) is 6.79 Å². The molecule has 1 heterocycles. The lowest BCUT2D eigenvalue weighted by atomic mass is 9.87. The van der Waals surface area contributed by atoms with Gasteiger partial charge in [-0.2, -0.15) is 0 Å². The van der Waals surface area contributed by atoms with E-state index in [1.165, 1.54) is 0 Å². The Hall–Kier alpha value is -1.75. The normalized spacial score (nSPS) is 14.9. The zero-order valence-electron chi connectivity index (χ0n) is 12.9. The topological polar surface area (TPSA) is 73.6 Å². The highest BCUT2D eigenvalue weighted by atomic mass is 16.7. The zero-order chi connectivity index (χ0) is 15.5. The molecule has 0 saturated carbocycles. The molecule has 0 aromatic heterocycles. The van der Waals surface area contributed by atoms with Crippen LogP contribution in [0.2, 0.25) is 0 Å². The molecule has 0 radical (unpaired) electrons. The molecule has 3 N–H and O–H groups in total. The molecule has 1 aliphatic heterocycles. The van der Waals surface area contributed by atoms with Crippen LogP contribution in [0.4, 0.5) is 0 Å². The van der Waals surface area contributed by atoms with E-state index in [4.69, 9.17) is 15.2 Å². The Balaban J connectivity index is 1.79. The van der Waals surface area contributed by atoms with E-state index in [2.05, 4.69) is 26.1 Å². The van der Waals surface area contributed by atoms with Crippen LogP contribution in [0.5, 0.6) is 11.5 Å². The van der Waals surface area contributed by atoms with Crippen molar-refractivity contribution in [3.8, 4) is 11.5 Å². The number of benzene rings is 1. The van der Waals surface area contributed by atoms with Gasteiger partial charge >= 0.3 is 0 Å². The number of fused-ring (bicyclic) bond motifs is 1. The highest BCUT2D eigenvalue weighted by molar-refractivity contribution is 5.76. The van der Waals surface area contributed by atoms with Gasteiger partial charge in [-0.15, -0.1) is 0 Å². The van der Waals surface area contributed by atoms with E-state index in [1.54, 1.807) is 0 Å². The van der Waals surface area contributed by atoms with Gasteiger partial charge in [-0.1, -0.05) is 26.8 Å². The van der Waals surface area contributed by atoms with E-state index < -0.39 is 0 Å². The molecule has 5 nitrogen and oxygen atoms in total. The number of nitrogens with one attached hydrogen (secondary N) is 1. The molecule has 0 saturated heterocycles. The third-order valence-electron chi connectivity index (χ3n) is 3.25. The first-order valence-electron chi connectivity index (χ1n) is 7.24. The first-order valence-corrected chi connectivity index (χ1v) is 7.24. The second-order valence-corrected chi connectivity index (χ2v) is 6.69. The molecule has 2 rings (SSSR count). The Morgan fingerprint density at radius 3 is 2.76 bits per heavy atom.